The molecule has 0 unspecified atom stereocenters. The van der Waals surface area contributed by atoms with E-state index in [9.17, 15) is 19.2 Å². The Morgan fingerprint density at radius 2 is 1.61 bits per heavy atom. The highest BCUT2D eigenvalue weighted by Crippen LogP contribution is 2.34. The highest BCUT2D eigenvalue weighted by molar-refractivity contribution is 6.07. The summed E-state index contributed by atoms with van der Waals surface area (Å²) in [5.74, 6) is -1.94. The molecule has 28 heavy (non-hydrogen) atoms. The van der Waals surface area contributed by atoms with Crippen LogP contribution in [-0.2, 0) is 14.4 Å². The Labute approximate surface area is 162 Å². The van der Waals surface area contributed by atoms with Gasteiger partial charge < -0.3 is 4.74 Å². The standard InChI is InChI=1S/C20H23N3O5/c1-12(2)28-14-9-7-13(8-10-14)18(25)22-21-17(24)11-23-19(26)15-5-3-4-6-16(15)20(23)27/h3-4,7-10,12,15-16H,5-6,11H2,1-2H3,(H,21,24)(H,22,25)/t15-,16+. The maximum atomic E-state index is 12.3. The molecule has 0 aromatic heterocycles. The summed E-state index contributed by atoms with van der Waals surface area (Å²) in [5, 5.41) is 0. The van der Waals surface area contributed by atoms with E-state index >= 15 is 0 Å². The van der Waals surface area contributed by atoms with E-state index in [2.05, 4.69) is 10.9 Å². The number of carbonyl (C=O) groups excluding carboxylic acids is 4. The number of allylic oxidation sites excluding steroid dienone is 2. The summed E-state index contributed by atoms with van der Waals surface area (Å²) in [6.07, 6.45) is 4.82. The third-order valence-corrected chi connectivity index (χ3v) is 4.70. The minimum absolute atomic E-state index is 0.0228. The van der Waals surface area contributed by atoms with Gasteiger partial charge in [-0.1, -0.05) is 12.2 Å². The lowest BCUT2D eigenvalue weighted by Gasteiger charge is -2.15. The average molecular weight is 385 g/mol. The van der Waals surface area contributed by atoms with E-state index in [0.29, 0.717) is 24.2 Å². The van der Waals surface area contributed by atoms with Crippen molar-refractivity contribution in [2.45, 2.75) is 32.8 Å². The van der Waals surface area contributed by atoms with E-state index in [1.807, 2.05) is 26.0 Å². The Kier molecular flexibility index (Phi) is 5.77. The number of fused-ring (bicyclic) bond motifs is 1. The van der Waals surface area contributed by atoms with Gasteiger partial charge in [0, 0.05) is 5.56 Å². The molecule has 8 heteroatoms. The molecule has 1 saturated heterocycles. The topological polar surface area (TPSA) is 105 Å². The van der Waals surface area contributed by atoms with Crippen LogP contribution in [0.1, 0.15) is 37.0 Å². The molecule has 2 N–H and O–H groups in total. The van der Waals surface area contributed by atoms with Crippen molar-refractivity contribution in [3.05, 3.63) is 42.0 Å². The van der Waals surface area contributed by atoms with Crippen LogP contribution in [0.2, 0.25) is 0 Å². The van der Waals surface area contributed by atoms with Gasteiger partial charge in [-0.2, -0.15) is 0 Å². The normalized spacial score (nSPS) is 20.9. The van der Waals surface area contributed by atoms with E-state index in [4.69, 9.17) is 4.74 Å². The number of rotatable bonds is 5. The van der Waals surface area contributed by atoms with Gasteiger partial charge in [-0.25, -0.2) is 0 Å². The molecule has 2 aliphatic rings. The van der Waals surface area contributed by atoms with E-state index in [1.54, 1.807) is 24.3 Å². The van der Waals surface area contributed by atoms with Crippen LogP contribution in [0.4, 0.5) is 0 Å². The number of benzene rings is 1. The fraction of sp³-hybridized carbons (Fsp3) is 0.400. The molecular weight excluding hydrogens is 362 g/mol. The number of likely N-dealkylation sites (tertiary alicyclic amines) is 1. The maximum absolute atomic E-state index is 12.3. The third kappa shape index (κ3) is 4.21. The second kappa shape index (κ2) is 8.24. The molecular formula is C20H23N3O5. The zero-order chi connectivity index (χ0) is 20.3. The summed E-state index contributed by atoms with van der Waals surface area (Å²) < 4.78 is 5.51. The molecule has 0 saturated carbocycles. The van der Waals surface area contributed by atoms with E-state index in [-0.39, 0.29) is 29.8 Å². The largest absolute Gasteiger partial charge is 0.491 e. The second-order valence-corrected chi connectivity index (χ2v) is 7.11. The Morgan fingerprint density at radius 1 is 1.04 bits per heavy atom. The maximum Gasteiger partial charge on any atom is 0.269 e. The van der Waals surface area contributed by atoms with Crippen molar-refractivity contribution in [2.24, 2.45) is 11.8 Å². The number of carbonyl (C=O) groups is 4. The first-order valence-corrected chi connectivity index (χ1v) is 9.23. The summed E-state index contributed by atoms with van der Waals surface area (Å²) in [4.78, 5) is 49.9. The van der Waals surface area contributed by atoms with Crippen LogP contribution in [0, 0.1) is 11.8 Å². The van der Waals surface area contributed by atoms with Crippen molar-refractivity contribution in [3.63, 3.8) is 0 Å². The predicted molar refractivity (Wildman–Crippen MR) is 99.9 cm³/mol. The summed E-state index contributed by atoms with van der Waals surface area (Å²) in [6, 6.07) is 6.47. The molecule has 1 aliphatic heterocycles. The average Bonchev–Trinajstić information content (AvgIpc) is 2.91. The van der Waals surface area contributed by atoms with Crippen molar-refractivity contribution in [1.82, 2.24) is 15.8 Å². The number of hydrazine groups is 1. The zero-order valence-corrected chi connectivity index (χ0v) is 15.8. The molecule has 0 bridgehead atoms. The molecule has 1 aromatic carbocycles. The molecule has 0 radical (unpaired) electrons. The molecule has 3 rings (SSSR count). The molecule has 2 atom stereocenters. The number of amides is 4. The van der Waals surface area contributed by atoms with Gasteiger partial charge in [0.1, 0.15) is 12.3 Å². The smallest absolute Gasteiger partial charge is 0.269 e. The number of ether oxygens (including phenoxy) is 1. The fourth-order valence-electron chi connectivity index (χ4n) is 3.36. The molecule has 1 fully saturated rings. The molecule has 1 aliphatic carbocycles. The third-order valence-electron chi connectivity index (χ3n) is 4.70. The zero-order valence-electron chi connectivity index (χ0n) is 15.8. The van der Waals surface area contributed by atoms with E-state index < -0.39 is 18.4 Å². The fourth-order valence-corrected chi connectivity index (χ4v) is 3.36. The minimum atomic E-state index is -0.638. The minimum Gasteiger partial charge on any atom is -0.491 e. The number of hydrogen-bond donors (Lipinski definition) is 2. The van der Waals surface area contributed by atoms with Crippen LogP contribution in [0.3, 0.4) is 0 Å². The molecule has 4 amide bonds. The number of nitrogens with zero attached hydrogens (tertiary/aromatic N) is 1. The van der Waals surface area contributed by atoms with Gasteiger partial charge in [0.25, 0.3) is 11.8 Å². The van der Waals surface area contributed by atoms with Crippen molar-refractivity contribution in [2.75, 3.05) is 6.54 Å². The molecule has 8 nitrogen and oxygen atoms in total. The van der Waals surface area contributed by atoms with Crippen molar-refractivity contribution >= 4 is 23.6 Å². The summed E-state index contributed by atoms with van der Waals surface area (Å²) in [5.41, 5.74) is 4.87. The molecule has 0 spiro atoms. The summed E-state index contributed by atoms with van der Waals surface area (Å²) in [6.45, 7) is 3.39. The van der Waals surface area contributed by atoms with Crippen LogP contribution in [0.5, 0.6) is 5.75 Å². The van der Waals surface area contributed by atoms with E-state index in [0.717, 1.165) is 4.90 Å². The quantitative estimate of drug-likeness (QED) is 0.450. The Bertz CT molecular complexity index is 790. The van der Waals surface area contributed by atoms with Crippen LogP contribution in [0.15, 0.2) is 36.4 Å². The lowest BCUT2D eigenvalue weighted by Crippen LogP contribution is -2.47. The molecule has 148 valence electrons. The monoisotopic (exact) mass is 385 g/mol. The van der Waals surface area contributed by atoms with Gasteiger partial charge in [-0.05, 0) is 51.0 Å². The van der Waals surface area contributed by atoms with Crippen molar-refractivity contribution < 1.29 is 23.9 Å². The van der Waals surface area contributed by atoms with Gasteiger partial charge in [0.2, 0.25) is 11.8 Å². The van der Waals surface area contributed by atoms with Gasteiger partial charge in [0.15, 0.2) is 0 Å². The van der Waals surface area contributed by atoms with Crippen LogP contribution >= 0.6 is 0 Å². The lowest BCUT2D eigenvalue weighted by molar-refractivity contribution is -0.143. The van der Waals surface area contributed by atoms with Crippen LogP contribution < -0.4 is 15.6 Å². The summed E-state index contributed by atoms with van der Waals surface area (Å²) in [7, 11) is 0. The Morgan fingerprint density at radius 3 is 2.14 bits per heavy atom. The van der Waals surface area contributed by atoms with Crippen molar-refractivity contribution in [1.29, 1.82) is 0 Å². The Balaban J connectivity index is 1.51. The number of imide groups is 1. The predicted octanol–water partition coefficient (Wildman–Crippen LogP) is 1.19. The van der Waals surface area contributed by atoms with Gasteiger partial charge in [0.05, 0.1) is 17.9 Å². The number of nitrogens with one attached hydrogen (secondary N) is 2. The first-order valence-electron chi connectivity index (χ1n) is 9.23. The highest BCUT2D eigenvalue weighted by Gasteiger charge is 2.47. The van der Waals surface area contributed by atoms with Crippen LogP contribution in [-0.4, -0.2) is 41.2 Å². The van der Waals surface area contributed by atoms with Crippen LogP contribution in [0.25, 0.3) is 0 Å². The van der Waals surface area contributed by atoms with Gasteiger partial charge >= 0.3 is 0 Å². The molecule has 1 aromatic rings. The van der Waals surface area contributed by atoms with E-state index in [1.165, 1.54) is 0 Å². The van der Waals surface area contributed by atoms with Gasteiger partial charge in [-0.15, -0.1) is 0 Å². The summed E-state index contributed by atoms with van der Waals surface area (Å²) >= 11 is 0. The van der Waals surface area contributed by atoms with Gasteiger partial charge in [-0.3, -0.25) is 34.9 Å². The SMILES string of the molecule is CC(C)Oc1ccc(C(=O)NNC(=O)CN2C(=O)[C@H]3CC=CC[C@H]3C2=O)cc1. The first kappa shape index (κ1) is 19.6. The lowest BCUT2D eigenvalue weighted by atomic mass is 9.85. The Hall–Kier alpha value is -3.16. The highest BCUT2D eigenvalue weighted by atomic mass is 16.5. The van der Waals surface area contributed by atoms with Crippen molar-refractivity contribution in [3.8, 4) is 5.75 Å². The number of hydrogen-bond acceptors (Lipinski definition) is 5. The first-order chi connectivity index (χ1) is 13.4. The second-order valence-electron chi connectivity index (χ2n) is 7.11. The molecule has 1 heterocycles.